The quantitative estimate of drug-likeness (QED) is 0.405. The molecule has 0 unspecified atom stereocenters. The van der Waals surface area contributed by atoms with E-state index in [1.807, 2.05) is 36.4 Å². The summed E-state index contributed by atoms with van der Waals surface area (Å²) in [6.07, 6.45) is 0. The molecular weight excluding hydrogens is 336 g/mol. The van der Waals surface area contributed by atoms with Gasteiger partial charge in [-0.3, -0.25) is 5.84 Å². The standard InChI is InChI=1S/C23H22N2O2/c1-26-19-13-11-15-7-3-5-9-17(15)21(19)23(25-24)22-18-10-6-4-8-16(18)12-14-20(22)27-2/h3-14,23,25H,24H2,1-2H3. The van der Waals surface area contributed by atoms with Crippen molar-refractivity contribution < 1.29 is 9.47 Å². The second kappa shape index (κ2) is 7.27. The largest absolute Gasteiger partial charge is 0.496 e. The van der Waals surface area contributed by atoms with Gasteiger partial charge in [0.15, 0.2) is 0 Å². The molecule has 4 heteroatoms. The second-order valence-electron chi connectivity index (χ2n) is 6.40. The van der Waals surface area contributed by atoms with Gasteiger partial charge < -0.3 is 9.47 Å². The molecule has 0 spiro atoms. The molecule has 4 aromatic rings. The molecular formula is C23H22N2O2. The Kier molecular flexibility index (Phi) is 4.67. The number of methoxy groups -OCH3 is 2. The Morgan fingerprint density at radius 1 is 0.667 bits per heavy atom. The van der Waals surface area contributed by atoms with Crippen molar-refractivity contribution in [1.29, 1.82) is 0 Å². The van der Waals surface area contributed by atoms with Gasteiger partial charge in [0.2, 0.25) is 0 Å². The zero-order valence-corrected chi connectivity index (χ0v) is 15.4. The normalized spacial score (nSPS) is 11.3. The Labute approximate surface area is 158 Å². The average molecular weight is 358 g/mol. The third-order valence-electron chi connectivity index (χ3n) is 5.05. The van der Waals surface area contributed by atoms with E-state index in [4.69, 9.17) is 15.3 Å². The molecule has 0 bridgehead atoms. The van der Waals surface area contributed by atoms with Gasteiger partial charge in [-0.1, -0.05) is 60.7 Å². The molecule has 3 N–H and O–H groups in total. The molecule has 0 aromatic heterocycles. The first-order valence-corrected chi connectivity index (χ1v) is 8.86. The van der Waals surface area contributed by atoms with Crippen molar-refractivity contribution in [3.8, 4) is 11.5 Å². The summed E-state index contributed by atoms with van der Waals surface area (Å²) in [5.74, 6) is 7.67. The number of fused-ring (bicyclic) bond motifs is 2. The maximum absolute atomic E-state index is 6.10. The summed E-state index contributed by atoms with van der Waals surface area (Å²) < 4.78 is 11.4. The minimum Gasteiger partial charge on any atom is -0.496 e. The van der Waals surface area contributed by atoms with Gasteiger partial charge in [-0.2, -0.15) is 0 Å². The summed E-state index contributed by atoms with van der Waals surface area (Å²) in [6.45, 7) is 0. The van der Waals surface area contributed by atoms with Gasteiger partial charge in [-0.25, -0.2) is 5.43 Å². The number of nitrogens with two attached hydrogens (primary N) is 1. The number of ether oxygens (including phenoxy) is 2. The van der Waals surface area contributed by atoms with E-state index >= 15 is 0 Å². The van der Waals surface area contributed by atoms with Crippen LogP contribution in [-0.4, -0.2) is 14.2 Å². The van der Waals surface area contributed by atoms with E-state index in [0.717, 1.165) is 44.2 Å². The fourth-order valence-corrected chi connectivity index (χ4v) is 3.81. The number of hydrazine groups is 1. The highest BCUT2D eigenvalue weighted by Crippen LogP contribution is 2.41. The molecule has 0 saturated carbocycles. The molecule has 0 aliphatic carbocycles. The van der Waals surface area contributed by atoms with Crippen LogP contribution in [0.15, 0.2) is 72.8 Å². The highest BCUT2D eigenvalue weighted by atomic mass is 16.5. The third kappa shape index (κ3) is 2.89. The predicted molar refractivity (Wildman–Crippen MR) is 110 cm³/mol. The zero-order valence-electron chi connectivity index (χ0n) is 15.4. The van der Waals surface area contributed by atoms with Gasteiger partial charge in [-0.15, -0.1) is 0 Å². The fraction of sp³-hybridized carbons (Fsp3) is 0.130. The van der Waals surface area contributed by atoms with E-state index in [1.165, 1.54) is 0 Å². The molecule has 136 valence electrons. The first-order chi connectivity index (χ1) is 13.3. The molecule has 4 rings (SSSR count). The Hall–Kier alpha value is -3.08. The van der Waals surface area contributed by atoms with E-state index < -0.39 is 0 Å². The molecule has 0 amide bonds. The predicted octanol–water partition coefficient (Wildman–Crippen LogP) is 4.56. The van der Waals surface area contributed by atoms with Gasteiger partial charge in [0.05, 0.1) is 20.3 Å². The van der Waals surface area contributed by atoms with Gasteiger partial charge >= 0.3 is 0 Å². The number of benzene rings is 4. The summed E-state index contributed by atoms with van der Waals surface area (Å²) in [7, 11) is 3.36. The first-order valence-electron chi connectivity index (χ1n) is 8.86. The van der Waals surface area contributed by atoms with Gasteiger partial charge in [0, 0.05) is 11.1 Å². The van der Waals surface area contributed by atoms with Crippen LogP contribution in [0.25, 0.3) is 21.5 Å². The first kappa shape index (κ1) is 17.3. The maximum Gasteiger partial charge on any atom is 0.124 e. The van der Waals surface area contributed by atoms with E-state index in [1.54, 1.807) is 14.2 Å². The minimum absolute atomic E-state index is 0.299. The van der Waals surface area contributed by atoms with E-state index in [2.05, 4.69) is 41.8 Å². The van der Waals surface area contributed by atoms with Crippen LogP contribution in [0, 0.1) is 0 Å². The third-order valence-corrected chi connectivity index (χ3v) is 5.05. The Bertz CT molecular complexity index is 1020. The molecule has 0 heterocycles. The zero-order chi connectivity index (χ0) is 18.8. The monoisotopic (exact) mass is 358 g/mol. The molecule has 0 aliphatic heterocycles. The van der Waals surface area contributed by atoms with Crippen molar-refractivity contribution in [2.45, 2.75) is 6.04 Å². The summed E-state index contributed by atoms with van der Waals surface area (Å²) >= 11 is 0. The summed E-state index contributed by atoms with van der Waals surface area (Å²) in [6, 6.07) is 24.3. The summed E-state index contributed by atoms with van der Waals surface area (Å²) in [5.41, 5.74) is 4.99. The number of nitrogens with one attached hydrogen (secondary N) is 1. The van der Waals surface area contributed by atoms with Crippen LogP contribution >= 0.6 is 0 Å². The highest BCUT2D eigenvalue weighted by Gasteiger charge is 2.25. The van der Waals surface area contributed by atoms with Crippen LogP contribution in [0.4, 0.5) is 0 Å². The van der Waals surface area contributed by atoms with Crippen molar-refractivity contribution >= 4 is 21.5 Å². The topological polar surface area (TPSA) is 56.5 Å². The number of hydrogen-bond donors (Lipinski definition) is 2. The summed E-state index contributed by atoms with van der Waals surface area (Å²) in [5, 5.41) is 4.45. The van der Waals surface area contributed by atoms with Gasteiger partial charge in [0.1, 0.15) is 11.5 Å². The number of hydrogen-bond acceptors (Lipinski definition) is 4. The van der Waals surface area contributed by atoms with Crippen LogP contribution in [0.5, 0.6) is 11.5 Å². The van der Waals surface area contributed by atoms with Crippen LogP contribution < -0.4 is 20.7 Å². The van der Waals surface area contributed by atoms with Crippen LogP contribution in [0.3, 0.4) is 0 Å². The molecule has 0 radical (unpaired) electrons. The van der Waals surface area contributed by atoms with Crippen molar-refractivity contribution in [2.24, 2.45) is 5.84 Å². The molecule has 0 aliphatic rings. The lowest BCUT2D eigenvalue weighted by Crippen LogP contribution is -2.30. The van der Waals surface area contributed by atoms with Crippen molar-refractivity contribution in [3.05, 3.63) is 83.9 Å². The Morgan fingerprint density at radius 2 is 1.11 bits per heavy atom. The fourth-order valence-electron chi connectivity index (χ4n) is 3.81. The van der Waals surface area contributed by atoms with E-state index in [0.29, 0.717) is 0 Å². The van der Waals surface area contributed by atoms with Crippen LogP contribution in [0.2, 0.25) is 0 Å². The summed E-state index contributed by atoms with van der Waals surface area (Å²) in [4.78, 5) is 0. The molecule has 4 nitrogen and oxygen atoms in total. The van der Waals surface area contributed by atoms with E-state index in [-0.39, 0.29) is 6.04 Å². The highest BCUT2D eigenvalue weighted by molar-refractivity contribution is 5.92. The van der Waals surface area contributed by atoms with Gasteiger partial charge in [-0.05, 0) is 33.7 Å². The van der Waals surface area contributed by atoms with Crippen LogP contribution in [0.1, 0.15) is 17.2 Å². The smallest absolute Gasteiger partial charge is 0.124 e. The average Bonchev–Trinajstić information content (AvgIpc) is 2.74. The lowest BCUT2D eigenvalue weighted by Gasteiger charge is -2.25. The van der Waals surface area contributed by atoms with Crippen molar-refractivity contribution in [1.82, 2.24) is 5.43 Å². The lowest BCUT2D eigenvalue weighted by atomic mass is 9.89. The molecule has 0 atom stereocenters. The Balaban J connectivity index is 2.08. The van der Waals surface area contributed by atoms with E-state index in [9.17, 15) is 0 Å². The minimum atomic E-state index is -0.299. The molecule has 0 saturated heterocycles. The number of rotatable bonds is 5. The second-order valence-corrected chi connectivity index (χ2v) is 6.40. The van der Waals surface area contributed by atoms with Crippen molar-refractivity contribution in [2.75, 3.05) is 14.2 Å². The lowest BCUT2D eigenvalue weighted by molar-refractivity contribution is 0.396. The molecule has 27 heavy (non-hydrogen) atoms. The SMILES string of the molecule is COc1ccc2ccccc2c1C(NN)c1c(OC)ccc2ccccc12. The Morgan fingerprint density at radius 3 is 1.52 bits per heavy atom. The molecule has 4 aromatic carbocycles. The van der Waals surface area contributed by atoms with Crippen molar-refractivity contribution in [3.63, 3.8) is 0 Å². The van der Waals surface area contributed by atoms with Gasteiger partial charge in [0.25, 0.3) is 0 Å². The molecule has 0 fully saturated rings. The van der Waals surface area contributed by atoms with Crippen LogP contribution in [-0.2, 0) is 0 Å². The maximum atomic E-state index is 6.10.